The van der Waals surface area contributed by atoms with E-state index in [2.05, 4.69) is 15.5 Å². The largest absolute Gasteiger partial charge is 0.476 e. The van der Waals surface area contributed by atoms with Crippen molar-refractivity contribution in [2.75, 3.05) is 6.61 Å². The maximum absolute atomic E-state index is 5.53. The highest BCUT2D eigenvalue weighted by Gasteiger charge is 2.08. The Labute approximate surface area is 90.9 Å². The van der Waals surface area contributed by atoms with Crippen LogP contribution in [0.25, 0.3) is 15.9 Å². The van der Waals surface area contributed by atoms with Gasteiger partial charge in [-0.3, -0.25) is 0 Å². The normalized spacial score (nSPS) is 11.3. The Kier molecular flexibility index (Phi) is 1.89. The molecule has 0 aliphatic heterocycles. The molecule has 0 amide bonds. The number of fused-ring (bicyclic) bond motifs is 3. The molecule has 3 nitrogen and oxygen atoms in total. The van der Waals surface area contributed by atoms with Crippen molar-refractivity contribution in [3.05, 3.63) is 29.8 Å². The molecule has 0 saturated heterocycles. The summed E-state index contributed by atoms with van der Waals surface area (Å²) in [7, 11) is 0. The lowest BCUT2D eigenvalue weighted by molar-refractivity contribution is 0.331. The summed E-state index contributed by atoms with van der Waals surface area (Å²) in [5.74, 6) is 0.720. The van der Waals surface area contributed by atoms with E-state index >= 15 is 0 Å². The third-order valence-corrected chi connectivity index (χ3v) is 3.13. The Morgan fingerprint density at radius 1 is 1.40 bits per heavy atom. The Morgan fingerprint density at radius 3 is 3.20 bits per heavy atom. The van der Waals surface area contributed by atoms with Gasteiger partial charge in [0.2, 0.25) is 5.88 Å². The van der Waals surface area contributed by atoms with Gasteiger partial charge in [-0.2, -0.15) is 4.98 Å². The summed E-state index contributed by atoms with van der Waals surface area (Å²) in [5.41, 5.74) is 2.17. The van der Waals surface area contributed by atoms with Crippen LogP contribution < -0.4 is 4.74 Å². The highest BCUT2D eigenvalue weighted by Crippen LogP contribution is 2.26. The number of ether oxygens (including phenoxy) is 1. The Hall–Kier alpha value is -1.55. The minimum absolute atomic E-state index is 0.644. The van der Waals surface area contributed by atoms with E-state index in [0.717, 1.165) is 21.7 Å². The SMILES string of the molecule is CCOc1nc2sccc2n2cccc12. The molecule has 0 aliphatic carbocycles. The molecular formula is C11H10N2OS. The average molecular weight is 218 g/mol. The van der Waals surface area contributed by atoms with Gasteiger partial charge in [0.15, 0.2) is 0 Å². The third kappa shape index (κ3) is 1.22. The fourth-order valence-corrected chi connectivity index (χ4v) is 2.47. The molecule has 4 heteroatoms. The summed E-state index contributed by atoms with van der Waals surface area (Å²) < 4.78 is 7.64. The van der Waals surface area contributed by atoms with Crippen molar-refractivity contribution in [1.82, 2.24) is 9.38 Å². The second kappa shape index (κ2) is 3.24. The van der Waals surface area contributed by atoms with Crippen LogP contribution in [0.5, 0.6) is 5.88 Å². The second-order valence-electron chi connectivity index (χ2n) is 3.22. The van der Waals surface area contributed by atoms with Crippen LogP contribution in [0, 0.1) is 0 Å². The summed E-state index contributed by atoms with van der Waals surface area (Å²) in [4.78, 5) is 5.52. The highest BCUT2D eigenvalue weighted by molar-refractivity contribution is 7.16. The van der Waals surface area contributed by atoms with Crippen molar-refractivity contribution < 1.29 is 4.74 Å². The van der Waals surface area contributed by atoms with Crippen LogP contribution in [0.15, 0.2) is 29.8 Å². The predicted molar refractivity (Wildman–Crippen MR) is 61.7 cm³/mol. The minimum atomic E-state index is 0.644. The maximum atomic E-state index is 5.53. The lowest BCUT2D eigenvalue weighted by Gasteiger charge is -2.05. The number of nitrogens with zero attached hydrogens (tertiary/aromatic N) is 2. The topological polar surface area (TPSA) is 26.5 Å². The Bertz CT molecular complexity index is 611. The molecule has 3 rings (SSSR count). The molecule has 3 aromatic rings. The van der Waals surface area contributed by atoms with Crippen LogP contribution in [0.4, 0.5) is 0 Å². The predicted octanol–water partition coefficient (Wildman–Crippen LogP) is 2.95. The van der Waals surface area contributed by atoms with E-state index in [-0.39, 0.29) is 0 Å². The molecule has 0 saturated carbocycles. The van der Waals surface area contributed by atoms with Gasteiger partial charge in [0.05, 0.1) is 12.1 Å². The zero-order valence-electron chi connectivity index (χ0n) is 8.30. The summed E-state index contributed by atoms with van der Waals surface area (Å²) in [5, 5.41) is 2.05. The van der Waals surface area contributed by atoms with Gasteiger partial charge in [-0.25, -0.2) is 0 Å². The van der Waals surface area contributed by atoms with E-state index in [0.29, 0.717) is 6.61 Å². The number of rotatable bonds is 2. The van der Waals surface area contributed by atoms with Crippen LogP contribution in [0.2, 0.25) is 0 Å². The van der Waals surface area contributed by atoms with Gasteiger partial charge >= 0.3 is 0 Å². The first-order valence-corrected chi connectivity index (χ1v) is 5.75. The summed E-state index contributed by atoms with van der Waals surface area (Å²) in [6.45, 7) is 2.62. The van der Waals surface area contributed by atoms with Crippen molar-refractivity contribution in [3.63, 3.8) is 0 Å². The molecule has 0 radical (unpaired) electrons. The zero-order chi connectivity index (χ0) is 10.3. The molecule has 0 fully saturated rings. The first-order valence-electron chi connectivity index (χ1n) is 4.87. The van der Waals surface area contributed by atoms with Crippen molar-refractivity contribution in [2.45, 2.75) is 6.92 Å². The molecule has 0 unspecified atom stereocenters. The van der Waals surface area contributed by atoms with E-state index in [1.807, 2.05) is 30.6 Å². The molecule has 76 valence electrons. The van der Waals surface area contributed by atoms with E-state index in [1.165, 1.54) is 0 Å². The van der Waals surface area contributed by atoms with E-state index in [9.17, 15) is 0 Å². The fraction of sp³-hybridized carbons (Fsp3) is 0.182. The van der Waals surface area contributed by atoms with E-state index < -0.39 is 0 Å². The monoisotopic (exact) mass is 218 g/mol. The molecule has 0 atom stereocenters. The standard InChI is InChI=1S/C11H10N2OS/c1-2-14-10-8-4-3-6-13(8)9-5-7-15-11(9)12-10/h3-7H,2H2,1H3. The lowest BCUT2D eigenvalue weighted by Crippen LogP contribution is -1.97. The zero-order valence-corrected chi connectivity index (χ0v) is 9.12. The van der Waals surface area contributed by atoms with Gasteiger partial charge in [0.1, 0.15) is 10.3 Å². The van der Waals surface area contributed by atoms with Gasteiger partial charge in [0.25, 0.3) is 0 Å². The van der Waals surface area contributed by atoms with Gasteiger partial charge in [-0.15, -0.1) is 11.3 Å². The van der Waals surface area contributed by atoms with Crippen molar-refractivity contribution in [2.24, 2.45) is 0 Å². The summed E-state index contributed by atoms with van der Waals surface area (Å²) in [6, 6.07) is 6.11. The van der Waals surface area contributed by atoms with Crippen LogP contribution in [0.3, 0.4) is 0 Å². The first kappa shape index (κ1) is 8.73. The van der Waals surface area contributed by atoms with Crippen molar-refractivity contribution in [1.29, 1.82) is 0 Å². The van der Waals surface area contributed by atoms with Gasteiger partial charge < -0.3 is 9.14 Å². The first-order chi connectivity index (χ1) is 7.40. The van der Waals surface area contributed by atoms with Crippen LogP contribution in [-0.4, -0.2) is 16.0 Å². The molecule has 15 heavy (non-hydrogen) atoms. The third-order valence-electron chi connectivity index (χ3n) is 2.34. The summed E-state index contributed by atoms with van der Waals surface area (Å²) in [6.07, 6.45) is 2.04. The minimum Gasteiger partial charge on any atom is -0.476 e. The Balaban J connectivity index is 2.43. The fourth-order valence-electron chi connectivity index (χ4n) is 1.72. The second-order valence-corrected chi connectivity index (χ2v) is 4.12. The molecule has 3 heterocycles. The molecule has 0 aliphatic rings. The quantitative estimate of drug-likeness (QED) is 0.661. The van der Waals surface area contributed by atoms with E-state index in [1.54, 1.807) is 11.3 Å². The maximum Gasteiger partial charge on any atom is 0.239 e. The summed E-state index contributed by atoms with van der Waals surface area (Å²) >= 11 is 1.63. The van der Waals surface area contributed by atoms with E-state index in [4.69, 9.17) is 4.74 Å². The Morgan fingerprint density at radius 2 is 2.33 bits per heavy atom. The number of hydrogen-bond donors (Lipinski definition) is 0. The molecule has 0 aromatic carbocycles. The van der Waals surface area contributed by atoms with Crippen molar-refractivity contribution >= 4 is 27.2 Å². The number of hydrogen-bond acceptors (Lipinski definition) is 3. The van der Waals surface area contributed by atoms with Gasteiger partial charge in [-0.1, -0.05) is 0 Å². The molecule has 0 bridgehead atoms. The van der Waals surface area contributed by atoms with Crippen molar-refractivity contribution in [3.8, 4) is 5.88 Å². The molecule has 3 aromatic heterocycles. The van der Waals surface area contributed by atoms with Crippen LogP contribution in [-0.2, 0) is 0 Å². The smallest absolute Gasteiger partial charge is 0.239 e. The highest BCUT2D eigenvalue weighted by atomic mass is 32.1. The van der Waals surface area contributed by atoms with Crippen LogP contribution in [0.1, 0.15) is 6.92 Å². The van der Waals surface area contributed by atoms with Crippen LogP contribution >= 0.6 is 11.3 Å². The average Bonchev–Trinajstić information content (AvgIpc) is 2.84. The lowest BCUT2D eigenvalue weighted by atomic mass is 10.4. The number of thiophene rings is 1. The molecular weight excluding hydrogens is 208 g/mol. The van der Waals surface area contributed by atoms with Gasteiger partial charge in [-0.05, 0) is 30.5 Å². The number of aromatic nitrogens is 2. The molecule has 0 N–H and O–H groups in total. The molecule has 0 spiro atoms. The van der Waals surface area contributed by atoms with Gasteiger partial charge in [0, 0.05) is 6.20 Å².